The Kier molecular flexibility index (Phi) is 20.8. The first kappa shape index (κ1) is 50.0. The predicted octanol–water partition coefficient (Wildman–Crippen LogP) is -5.08. The number of carbonyl (C=O) groups excluding carboxylic acids is 6. The van der Waals surface area contributed by atoms with Crippen molar-refractivity contribution in [3.05, 3.63) is 54.1 Å². The number of hydrogen-bond donors (Lipinski definition) is 14. The number of nitrogens with two attached hydrogens (primary N) is 3. The first-order valence-corrected chi connectivity index (χ1v) is 18.7. The van der Waals surface area contributed by atoms with Crippen LogP contribution in [0.15, 0.2) is 47.8 Å². The number of carbonyl (C=O) groups is 9. The van der Waals surface area contributed by atoms with Crippen LogP contribution < -0.4 is 49.1 Å². The number of imidazole rings is 1. The fraction of sp³-hybridized carbons (Fsp3) is 0.472. The number of carboxylic acids is 3. The van der Waals surface area contributed by atoms with Gasteiger partial charge in [-0.25, -0.2) is 9.78 Å². The summed E-state index contributed by atoms with van der Waals surface area (Å²) in [6, 6.07) is -2.47. The number of aliphatic carboxylic acids is 3. The Morgan fingerprint density at radius 2 is 1.20 bits per heavy atom. The Balaban J connectivity index is 2.50. The summed E-state index contributed by atoms with van der Waals surface area (Å²) in [6.45, 7) is 0.260. The third-order valence-electron chi connectivity index (χ3n) is 8.61. The van der Waals surface area contributed by atoms with E-state index in [1.165, 1.54) is 19.4 Å². The zero-order chi connectivity index (χ0) is 45.6. The van der Waals surface area contributed by atoms with Gasteiger partial charge in [-0.15, -0.1) is 0 Å². The van der Waals surface area contributed by atoms with Gasteiger partial charge in [0.2, 0.25) is 35.4 Å². The van der Waals surface area contributed by atoms with Gasteiger partial charge in [0.25, 0.3) is 0 Å². The summed E-state index contributed by atoms with van der Waals surface area (Å²) in [5.74, 6) is -10.8. The molecule has 17 N–H and O–H groups in total. The summed E-state index contributed by atoms with van der Waals surface area (Å²) in [5.41, 5.74) is 17.3. The molecule has 61 heavy (non-hydrogen) atoms. The van der Waals surface area contributed by atoms with E-state index in [1.54, 1.807) is 30.3 Å². The van der Waals surface area contributed by atoms with E-state index in [0.717, 1.165) is 0 Å². The van der Waals surface area contributed by atoms with E-state index in [1.807, 2.05) is 5.32 Å². The number of hydrogen-bond acceptors (Lipinski definition) is 13. The van der Waals surface area contributed by atoms with Crippen molar-refractivity contribution >= 4 is 59.3 Å². The van der Waals surface area contributed by atoms with Gasteiger partial charge in [-0.1, -0.05) is 30.3 Å². The molecule has 1 aromatic heterocycles. The standard InChI is InChI=1S/C36H52N12O13/c1-18(37)29(54)43-22(9-10-27(50)51)31(56)45-23(12-19-6-3-2-4-7-19)32(57)44-21(8-5-11-41-36(38)39)30(55)46-24(13-20-15-40-17-42-20)33(58)47-25(14-28(52)53)34(59)48-26(16-49)35(60)61/h2-4,6-7,15,17-18,21-26,49H,5,8-14,16,37H2,1H3,(H,40,42)(H,43,54)(H,44,57)(H,45,56)(H,46,55)(H,47,58)(H,48,59)(H,50,51)(H,52,53)(H,60,61)(H4,38,39,41)/t18-,21-,22-,23-,24-,25-,26-/m0/s1. The Hall–Kier alpha value is -7.15. The van der Waals surface area contributed by atoms with E-state index in [-0.39, 0.29) is 50.3 Å². The molecule has 0 radical (unpaired) electrons. The average molecular weight is 861 g/mol. The number of nitrogens with one attached hydrogen (secondary N) is 7. The van der Waals surface area contributed by atoms with Crippen LogP contribution in [0.4, 0.5) is 0 Å². The van der Waals surface area contributed by atoms with Crippen molar-refractivity contribution in [2.75, 3.05) is 13.2 Å². The van der Waals surface area contributed by atoms with Crippen molar-refractivity contribution in [1.82, 2.24) is 41.9 Å². The molecular formula is C36H52N12O13. The van der Waals surface area contributed by atoms with Crippen molar-refractivity contribution in [3.8, 4) is 0 Å². The number of carboxylic acid groups (broad SMARTS) is 3. The van der Waals surface area contributed by atoms with Gasteiger partial charge in [0.05, 0.1) is 25.4 Å². The largest absolute Gasteiger partial charge is 0.481 e. The van der Waals surface area contributed by atoms with Crippen LogP contribution >= 0.6 is 0 Å². The lowest BCUT2D eigenvalue weighted by Crippen LogP contribution is -2.60. The molecule has 0 saturated heterocycles. The van der Waals surface area contributed by atoms with Crippen molar-refractivity contribution in [2.24, 2.45) is 22.2 Å². The second-order valence-corrected chi connectivity index (χ2v) is 13.6. The van der Waals surface area contributed by atoms with Gasteiger partial charge in [-0.3, -0.25) is 43.3 Å². The van der Waals surface area contributed by atoms with Gasteiger partial charge in [-0.2, -0.15) is 0 Å². The number of guanidine groups is 1. The van der Waals surface area contributed by atoms with Crippen molar-refractivity contribution in [3.63, 3.8) is 0 Å². The molecule has 7 atom stereocenters. The van der Waals surface area contributed by atoms with Crippen LogP contribution in [0.3, 0.4) is 0 Å². The third-order valence-corrected chi connectivity index (χ3v) is 8.61. The number of aliphatic hydroxyl groups excluding tert-OH is 1. The normalized spacial score (nSPS) is 14.2. The van der Waals surface area contributed by atoms with Crippen LogP contribution in [0.5, 0.6) is 0 Å². The third kappa shape index (κ3) is 18.5. The molecule has 25 nitrogen and oxygen atoms in total. The Morgan fingerprint density at radius 3 is 1.70 bits per heavy atom. The SMILES string of the molecule is C[C@H](N)C(=O)N[C@@H](CCC(=O)O)C(=O)N[C@@H](Cc1ccccc1)C(=O)N[C@@H](CCCN=C(N)N)C(=O)N[C@@H](Cc1cnc[nH]1)C(=O)N[C@@H](CC(=O)O)C(=O)N[C@@H](CO)C(=O)O. The molecule has 2 rings (SSSR count). The maximum absolute atomic E-state index is 14.1. The zero-order valence-electron chi connectivity index (χ0n) is 33.0. The quantitative estimate of drug-likeness (QED) is 0.0227. The van der Waals surface area contributed by atoms with Crippen molar-refractivity contribution < 1.29 is 63.6 Å². The monoisotopic (exact) mass is 860 g/mol. The van der Waals surface area contributed by atoms with Gasteiger partial charge in [0.15, 0.2) is 5.96 Å². The first-order valence-electron chi connectivity index (χ1n) is 18.7. The van der Waals surface area contributed by atoms with Crippen molar-refractivity contribution in [2.45, 2.75) is 94.2 Å². The summed E-state index contributed by atoms with van der Waals surface area (Å²) in [5, 5.41) is 51.3. The van der Waals surface area contributed by atoms with E-state index in [2.05, 4.69) is 41.5 Å². The number of amides is 6. The molecule has 1 heterocycles. The summed E-state index contributed by atoms with van der Waals surface area (Å²) in [6.07, 6.45) is 0.0198. The highest BCUT2D eigenvalue weighted by Gasteiger charge is 2.34. The highest BCUT2D eigenvalue weighted by atomic mass is 16.4. The molecule has 0 aliphatic heterocycles. The molecule has 0 saturated carbocycles. The molecule has 2 aromatic rings. The molecule has 0 aliphatic carbocycles. The van der Waals surface area contributed by atoms with Gasteiger partial charge < -0.3 is 74.5 Å². The van der Waals surface area contributed by atoms with Gasteiger partial charge in [0.1, 0.15) is 36.3 Å². The fourth-order valence-electron chi connectivity index (χ4n) is 5.43. The van der Waals surface area contributed by atoms with Crippen LogP contribution in [0, 0.1) is 0 Å². The average Bonchev–Trinajstić information content (AvgIpc) is 3.71. The van der Waals surface area contributed by atoms with E-state index >= 15 is 0 Å². The molecule has 1 aromatic carbocycles. The predicted molar refractivity (Wildman–Crippen MR) is 211 cm³/mol. The minimum absolute atomic E-state index is 0.0219. The number of rotatable bonds is 27. The number of H-pyrrole nitrogens is 1. The number of aromatic amines is 1. The summed E-state index contributed by atoms with van der Waals surface area (Å²) < 4.78 is 0. The second-order valence-electron chi connectivity index (χ2n) is 13.6. The minimum atomic E-state index is -1.89. The molecular weight excluding hydrogens is 808 g/mol. The van der Waals surface area contributed by atoms with Crippen LogP contribution in [-0.4, -0.2) is 145 Å². The lowest BCUT2D eigenvalue weighted by Gasteiger charge is -2.27. The Labute approximate surface area is 348 Å². The highest BCUT2D eigenvalue weighted by Crippen LogP contribution is 2.09. The number of aromatic nitrogens is 2. The fourth-order valence-corrected chi connectivity index (χ4v) is 5.43. The molecule has 0 fully saturated rings. The van der Waals surface area contributed by atoms with E-state index < -0.39 is 115 Å². The summed E-state index contributed by atoms with van der Waals surface area (Å²) in [4.78, 5) is 126. The minimum Gasteiger partial charge on any atom is -0.481 e. The van der Waals surface area contributed by atoms with Gasteiger partial charge in [-0.05, 0) is 31.7 Å². The Bertz CT molecular complexity index is 1860. The number of aliphatic hydroxyl groups is 1. The molecule has 25 heteroatoms. The summed E-state index contributed by atoms with van der Waals surface area (Å²) in [7, 11) is 0. The summed E-state index contributed by atoms with van der Waals surface area (Å²) >= 11 is 0. The molecule has 0 aliphatic rings. The molecule has 0 spiro atoms. The number of nitrogens with zero attached hydrogens (tertiary/aromatic N) is 2. The topological polar surface area (TPSA) is 426 Å². The van der Waals surface area contributed by atoms with Crippen LogP contribution in [-0.2, 0) is 56.0 Å². The smallest absolute Gasteiger partial charge is 0.328 e. The maximum atomic E-state index is 14.1. The van der Waals surface area contributed by atoms with Crippen LogP contribution in [0.2, 0.25) is 0 Å². The maximum Gasteiger partial charge on any atom is 0.328 e. The first-order chi connectivity index (χ1) is 28.8. The van der Waals surface area contributed by atoms with Crippen LogP contribution in [0.25, 0.3) is 0 Å². The number of aliphatic imine (C=N–C) groups is 1. The van der Waals surface area contributed by atoms with E-state index in [9.17, 15) is 63.6 Å². The lowest BCUT2D eigenvalue weighted by molar-refractivity contribution is -0.144. The lowest BCUT2D eigenvalue weighted by atomic mass is 10.0. The van der Waals surface area contributed by atoms with Gasteiger partial charge >= 0.3 is 17.9 Å². The van der Waals surface area contributed by atoms with Crippen molar-refractivity contribution in [1.29, 1.82) is 0 Å². The molecule has 0 unspecified atom stereocenters. The zero-order valence-corrected chi connectivity index (χ0v) is 33.0. The molecule has 334 valence electrons. The van der Waals surface area contributed by atoms with E-state index in [4.69, 9.17) is 17.2 Å². The van der Waals surface area contributed by atoms with Crippen LogP contribution in [0.1, 0.15) is 50.3 Å². The van der Waals surface area contributed by atoms with Gasteiger partial charge in [0, 0.05) is 37.7 Å². The molecule has 6 amide bonds. The second kappa shape index (κ2) is 25.4. The highest BCUT2D eigenvalue weighted by molar-refractivity contribution is 5.98. The number of benzene rings is 1. The Morgan fingerprint density at radius 1 is 0.689 bits per heavy atom. The van der Waals surface area contributed by atoms with E-state index in [0.29, 0.717) is 5.56 Å². The molecule has 0 bridgehead atoms.